The van der Waals surface area contributed by atoms with Gasteiger partial charge in [0.15, 0.2) is 0 Å². The maximum atomic E-state index is 9.59. The first-order valence-electron chi connectivity index (χ1n) is 4.78. The highest BCUT2D eigenvalue weighted by Gasteiger charge is 2.18. The number of benzene rings is 1. The molecule has 0 radical (unpaired) electrons. The van der Waals surface area contributed by atoms with E-state index in [2.05, 4.69) is 11.4 Å². The van der Waals surface area contributed by atoms with Gasteiger partial charge < -0.3 is 10.4 Å². The fourth-order valence-electron chi connectivity index (χ4n) is 2.03. The Kier molecular flexibility index (Phi) is 2.23. The van der Waals surface area contributed by atoms with Gasteiger partial charge in [0, 0.05) is 6.04 Å². The third kappa shape index (κ3) is 1.54. The van der Waals surface area contributed by atoms with Crippen LogP contribution in [0.1, 0.15) is 17.5 Å². The van der Waals surface area contributed by atoms with Crippen molar-refractivity contribution >= 4 is 0 Å². The molecule has 70 valence electrons. The summed E-state index contributed by atoms with van der Waals surface area (Å²) in [5.41, 5.74) is 2.44. The molecule has 0 amide bonds. The molecule has 1 aromatic rings. The molecular weight excluding hydrogens is 162 g/mol. The van der Waals surface area contributed by atoms with Gasteiger partial charge in [0.2, 0.25) is 0 Å². The lowest BCUT2D eigenvalue weighted by molar-refractivity contribution is 0.445. The summed E-state index contributed by atoms with van der Waals surface area (Å²) in [4.78, 5) is 0. The molecule has 2 nitrogen and oxygen atoms in total. The minimum absolute atomic E-state index is 0.465. The molecule has 2 heteroatoms. The predicted molar refractivity (Wildman–Crippen MR) is 53.0 cm³/mol. The van der Waals surface area contributed by atoms with Gasteiger partial charge in [-0.05, 0) is 43.5 Å². The molecule has 0 spiro atoms. The number of likely N-dealkylation sites (N-methyl/N-ethyl adjacent to an activating group) is 1. The summed E-state index contributed by atoms with van der Waals surface area (Å²) in [5, 5.41) is 12.9. The highest BCUT2D eigenvalue weighted by Crippen LogP contribution is 2.28. The molecule has 13 heavy (non-hydrogen) atoms. The summed E-state index contributed by atoms with van der Waals surface area (Å²) < 4.78 is 0. The first kappa shape index (κ1) is 8.57. The van der Waals surface area contributed by atoms with E-state index in [0.29, 0.717) is 11.8 Å². The van der Waals surface area contributed by atoms with Crippen LogP contribution in [0.3, 0.4) is 0 Å². The van der Waals surface area contributed by atoms with Crippen molar-refractivity contribution in [3.63, 3.8) is 0 Å². The van der Waals surface area contributed by atoms with Crippen molar-refractivity contribution in [3.8, 4) is 5.75 Å². The van der Waals surface area contributed by atoms with Gasteiger partial charge in [-0.15, -0.1) is 0 Å². The Morgan fingerprint density at radius 3 is 3.08 bits per heavy atom. The molecular formula is C11H15NO. The van der Waals surface area contributed by atoms with Gasteiger partial charge >= 0.3 is 0 Å². The van der Waals surface area contributed by atoms with Crippen LogP contribution in [-0.2, 0) is 12.8 Å². The molecule has 1 aliphatic carbocycles. The summed E-state index contributed by atoms with van der Waals surface area (Å²) in [5.74, 6) is 0.465. The fourth-order valence-corrected chi connectivity index (χ4v) is 2.03. The number of nitrogens with one attached hydrogen (secondary N) is 1. The van der Waals surface area contributed by atoms with Crippen LogP contribution in [-0.4, -0.2) is 18.2 Å². The van der Waals surface area contributed by atoms with Crippen LogP contribution in [0.5, 0.6) is 5.75 Å². The molecule has 0 saturated carbocycles. The van der Waals surface area contributed by atoms with Crippen LogP contribution in [0.4, 0.5) is 0 Å². The molecule has 0 bridgehead atoms. The summed E-state index contributed by atoms with van der Waals surface area (Å²) in [7, 11) is 2.00. The largest absolute Gasteiger partial charge is 0.508 e. The minimum Gasteiger partial charge on any atom is -0.508 e. The zero-order valence-electron chi connectivity index (χ0n) is 7.88. The first-order valence-corrected chi connectivity index (χ1v) is 4.78. The lowest BCUT2D eigenvalue weighted by Gasteiger charge is -2.24. The zero-order valence-corrected chi connectivity index (χ0v) is 7.88. The average molecular weight is 177 g/mol. The van der Waals surface area contributed by atoms with Gasteiger partial charge in [0.05, 0.1) is 0 Å². The molecule has 0 saturated heterocycles. The molecule has 0 heterocycles. The Bertz CT molecular complexity index is 309. The molecule has 2 N–H and O–H groups in total. The SMILES string of the molecule is CNC1CCc2c(O)cccc2C1. The number of rotatable bonds is 1. The van der Waals surface area contributed by atoms with Crippen molar-refractivity contribution in [2.75, 3.05) is 7.05 Å². The van der Waals surface area contributed by atoms with Gasteiger partial charge in [0.1, 0.15) is 5.75 Å². The molecule has 1 aromatic carbocycles. The normalized spacial score (nSPS) is 21.2. The third-order valence-corrected chi connectivity index (χ3v) is 2.87. The summed E-state index contributed by atoms with van der Waals surface area (Å²) in [6.07, 6.45) is 3.16. The number of phenols is 1. The number of hydrogen-bond acceptors (Lipinski definition) is 2. The van der Waals surface area contributed by atoms with Crippen LogP contribution in [0.15, 0.2) is 18.2 Å². The Hall–Kier alpha value is -1.02. The van der Waals surface area contributed by atoms with E-state index in [1.807, 2.05) is 13.1 Å². The van der Waals surface area contributed by atoms with Crippen molar-refractivity contribution in [1.29, 1.82) is 0 Å². The van der Waals surface area contributed by atoms with Gasteiger partial charge in [0.25, 0.3) is 0 Å². The molecule has 2 rings (SSSR count). The van der Waals surface area contributed by atoms with Crippen molar-refractivity contribution < 1.29 is 5.11 Å². The quantitative estimate of drug-likeness (QED) is 0.681. The monoisotopic (exact) mass is 177 g/mol. The topological polar surface area (TPSA) is 32.3 Å². The van der Waals surface area contributed by atoms with E-state index in [-0.39, 0.29) is 0 Å². The van der Waals surface area contributed by atoms with Gasteiger partial charge in [-0.1, -0.05) is 12.1 Å². The highest BCUT2D eigenvalue weighted by molar-refractivity contribution is 5.41. The summed E-state index contributed by atoms with van der Waals surface area (Å²) >= 11 is 0. The van der Waals surface area contributed by atoms with E-state index >= 15 is 0 Å². The lowest BCUT2D eigenvalue weighted by Crippen LogP contribution is -2.31. The van der Waals surface area contributed by atoms with Gasteiger partial charge in [-0.2, -0.15) is 0 Å². The summed E-state index contributed by atoms with van der Waals surface area (Å²) in [6, 6.07) is 6.39. The maximum Gasteiger partial charge on any atom is 0.119 e. The minimum atomic E-state index is 0.465. The van der Waals surface area contributed by atoms with E-state index in [1.54, 1.807) is 6.07 Å². The zero-order chi connectivity index (χ0) is 9.26. The Morgan fingerprint density at radius 2 is 2.31 bits per heavy atom. The standard InChI is InChI=1S/C11H15NO/c1-12-9-5-6-10-8(7-9)3-2-4-11(10)13/h2-4,9,12-13H,5-7H2,1H3. The van der Waals surface area contributed by atoms with Crippen LogP contribution in [0.25, 0.3) is 0 Å². The number of aromatic hydroxyl groups is 1. The second-order valence-electron chi connectivity index (χ2n) is 3.64. The van der Waals surface area contributed by atoms with E-state index in [0.717, 1.165) is 24.8 Å². The fraction of sp³-hybridized carbons (Fsp3) is 0.455. The average Bonchev–Trinajstić information content (AvgIpc) is 2.18. The van der Waals surface area contributed by atoms with Crippen LogP contribution in [0.2, 0.25) is 0 Å². The second kappa shape index (κ2) is 3.38. The molecule has 0 aromatic heterocycles. The Balaban J connectivity index is 2.31. The van der Waals surface area contributed by atoms with E-state index in [1.165, 1.54) is 5.56 Å². The van der Waals surface area contributed by atoms with Crippen molar-refractivity contribution in [2.45, 2.75) is 25.3 Å². The molecule has 1 unspecified atom stereocenters. The second-order valence-corrected chi connectivity index (χ2v) is 3.64. The van der Waals surface area contributed by atoms with Crippen molar-refractivity contribution in [3.05, 3.63) is 29.3 Å². The van der Waals surface area contributed by atoms with Crippen LogP contribution in [0, 0.1) is 0 Å². The Morgan fingerprint density at radius 1 is 1.46 bits per heavy atom. The highest BCUT2D eigenvalue weighted by atomic mass is 16.3. The van der Waals surface area contributed by atoms with E-state index < -0.39 is 0 Å². The van der Waals surface area contributed by atoms with Crippen LogP contribution >= 0.6 is 0 Å². The van der Waals surface area contributed by atoms with Gasteiger partial charge in [-0.25, -0.2) is 0 Å². The van der Waals surface area contributed by atoms with Crippen LogP contribution < -0.4 is 5.32 Å². The smallest absolute Gasteiger partial charge is 0.119 e. The molecule has 0 fully saturated rings. The maximum absolute atomic E-state index is 9.59. The van der Waals surface area contributed by atoms with E-state index in [4.69, 9.17) is 0 Å². The first-order chi connectivity index (χ1) is 6.31. The van der Waals surface area contributed by atoms with Crippen molar-refractivity contribution in [2.24, 2.45) is 0 Å². The molecule has 1 atom stereocenters. The molecule has 1 aliphatic rings. The number of phenolic OH excluding ortho intramolecular Hbond substituents is 1. The number of hydrogen-bond donors (Lipinski definition) is 2. The summed E-state index contributed by atoms with van der Waals surface area (Å²) in [6.45, 7) is 0. The number of fused-ring (bicyclic) bond motifs is 1. The Labute approximate surface area is 78.6 Å². The van der Waals surface area contributed by atoms with Gasteiger partial charge in [-0.3, -0.25) is 0 Å². The predicted octanol–water partition coefficient (Wildman–Crippen LogP) is 1.47. The lowest BCUT2D eigenvalue weighted by atomic mass is 9.88. The third-order valence-electron chi connectivity index (χ3n) is 2.87. The molecule has 0 aliphatic heterocycles. The van der Waals surface area contributed by atoms with Crippen molar-refractivity contribution in [1.82, 2.24) is 5.32 Å². The van der Waals surface area contributed by atoms with E-state index in [9.17, 15) is 5.11 Å².